The molecule has 0 spiro atoms. The molecule has 2 rings (SSSR count). The molecule has 6 nitrogen and oxygen atoms in total. The van der Waals surface area contributed by atoms with Gasteiger partial charge in [0.15, 0.2) is 0 Å². The van der Waals surface area contributed by atoms with Crippen LogP contribution in [0.5, 0.6) is 0 Å². The van der Waals surface area contributed by atoms with Crippen molar-refractivity contribution in [2.75, 3.05) is 6.54 Å². The van der Waals surface area contributed by atoms with Crippen LogP contribution in [0.15, 0.2) is 52.2 Å². The van der Waals surface area contributed by atoms with Gasteiger partial charge in [-0.3, -0.25) is 9.59 Å². The van der Waals surface area contributed by atoms with E-state index in [1.165, 1.54) is 6.26 Å². The number of hydrogen-bond acceptors (Lipinski definition) is 4. The van der Waals surface area contributed by atoms with Crippen molar-refractivity contribution in [2.45, 2.75) is 13.3 Å². The number of rotatable bonds is 6. The van der Waals surface area contributed by atoms with Crippen molar-refractivity contribution in [3.05, 3.63) is 59.0 Å². The molecule has 1 aromatic carbocycles. The Morgan fingerprint density at radius 2 is 1.91 bits per heavy atom. The van der Waals surface area contributed by atoms with E-state index in [2.05, 4.69) is 15.8 Å². The third-order valence-corrected chi connectivity index (χ3v) is 3.20. The minimum atomic E-state index is -0.416. The molecule has 1 heterocycles. The molecular formula is C16H16ClN3O3. The van der Waals surface area contributed by atoms with Gasteiger partial charge in [0.2, 0.25) is 5.91 Å². The monoisotopic (exact) mass is 333 g/mol. The zero-order valence-corrected chi connectivity index (χ0v) is 13.3. The van der Waals surface area contributed by atoms with E-state index >= 15 is 0 Å². The molecule has 2 aromatic rings. The van der Waals surface area contributed by atoms with E-state index in [0.29, 0.717) is 16.5 Å². The van der Waals surface area contributed by atoms with Gasteiger partial charge >= 0.3 is 0 Å². The molecule has 0 aliphatic heterocycles. The van der Waals surface area contributed by atoms with Crippen molar-refractivity contribution in [2.24, 2.45) is 5.10 Å². The number of carbonyl (C=O) groups is 2. The maximum absolute atomic E-state index is 11.8. The molecular weight excluding hydrogens is 318 g/mol. The Balaban J connectivity index is 1.74. The minimum absolute atomic E-state index is 0.151. The minimum Gasteiger partial charge on any atom is -0.463 e. The molecule has 0 unspecified atom stereocenters. The van der Waals surface area contributed by atoms with Crippen LogP contribution < -0.4 is 10.7 Å². The van der Waals surface area contributed by atoms with Gasteiger partial charge in [-0.1, -0.05) is 23.7 Å². The Labute approximate surface area is 138 Å². The van der Waals surface area contributed by atoms with E-state index in [-0.39, 0.29) is 18.9 Å². The van der Waals surface area contributed by atoms with Crippen molar-refractivity contribution in [1.29, 1.82) is 0 Å². The van der Waals surface area contributed by atoms with Crippen molar-refractivity contribution in [1.82, 2.24) is 10.7 Å². The molecule has 0 atom stereocenters. The van der Waals surface area contributed by atoms with Crippen LogP contribution in [0.1, 0.15) is 18.2 Å². The van der Waals surface area contributed by atoms with E-state index in [1.807, 2.05) is 0 Å². The normalized spacial score (nSPS) is 11.1. The third-order valence-electron chi connectivity index (χ3n) is 2.95. The largest absolute Gasteiger partial charge is 0.463 e. The summed E-state index contributed by atoms with van der Waals surface area (Å²) in [5.74, 6) is -0.105. The quantitative estimate of drug-likeness (QED) is 0.627. The number of hydrogen-bond donors (Lipinski definition) is 2. The van der Waals surface area contributed by atoms with Crippen LogP contribution in [0.2, 0.25) is 5.02 Å². The highest BCUT2D eigenvalue weighted by Crippen LogP contribution is 2.09. The third kappa shape index (κ3) is 5.60. The molecule has 0 aliphatic carbocycles. The summed E-state index contributed by atoms with van der Waals surface area (Å²) in [4.78, 5) is 23.4. The van der Waals surface area contributed by atoms with E-state index < -0.39 is 5.91 Å². The van der Waals surface area contributed by atoms with Crippen LogP contribution >= 0.6 is 11.6 Å². The highest BCUT2D eigenvalue weighted by Gasteiger charge is 2.07. The average Bonchev–Trinajstić information content (AvgIpc) is 3.07. The topological polar surface area (TPSA) is 83.7 Å². The maximum Gasteiger partial charge on any atom is 0.259 e. The predicted molar refractivity (Wildman–Crippen MR) is 87.2 cm³/mol. The van der Waals surface area contributed by atoms with Crippen LogP contribution in [-0.4, -0.2) is 24.1 Å². The second-order valence-corrected chi connectivity index (χ2v) is 5.23. The molecule has 0 saturated carbocycles. The Morgan fingerprint density at radius 1 is 1.17 bits per heavy atom. The first kappa shape index (κ1) is 16.8. The van der Waals surface area contributed by atoms with Crippen molar-refractivity contribution < 1.29 is 14.0 Å². The second kappa shape index (κ2) is 8.14. The number of halogens is 1. The van der Waals surface area contributed by atoms with Gasteiger partial charge in [0.05, 0.1) is 19.2 Å². The molecule has 0 bridgehead atoms. The summed E-state index contributed by atoms with van der Waals surface area (Å²) in [7, 11) is 0. The van der Waals surface area contributed by atoms with Crippen LogP contribution in [0.25, 0.3) is 0 Å². The Morgan fingerprint density at radius 3 is 2.57 bits per heavy atom. The molecule has 23 heavy (non-hydrogen) atoms. The molecule has 7 heteroatoms. The van der Waals surface area contributed by atoms with Crippen molar-refractivity contribution in [3.8, 4) is 0 Å². The summed E-state index contributed by atoms with van der Waals surface area (Å²) in [5, 5.41) is 7.03. The molecule has 0 radical (unpaired) electrons. The fourth-order valence-corrected chi connectivity index (χ4v) is 1.88. The number of furan rings is 1. The summed E-state index contributed by atoms with van der Waals surface area (Å²) in [6.45, 7) is 1.56. The Bertz CT molecular complexity index is 694. The summed E-state index contributed by atoms with van der Waals surface area (Å²) in [5.41, 5.74) is 3.71. The second-order valence-electron chi connectivity index (χ2n) is 4.79. The lowest BCUT2D eigenvalue weighted by Gasteiger charge is -2.05. The van der Waals surface area contributed by atoms with E-state index in [1.54, 1.807) is 43.3 Å². The summed E-state index contributed by atoms with van der Waals surface area (Å²) < 4.78 is 5.14. The fraction of sp³-hybridized carbons (Fsp3) is 0.188. The van der Waals surface area contributed by atoms with Crippen LogP contribution in [-0.2, 0) is 16.0 Å². The molecule has 0 aliphatic rings. The van der Waals surface area contributed by atoms with Gasteiger partial charge in [-0.25, -0.2) is 5.43 Å². The number of nitrogens with one attached hydrogen (secondary N) is 2. The Hall–Kier alpha value is -2.60. The first-order valence-electron chi connectivity index (χ1n) is 6.93. The SMILES string of the molecule is C/C(=N/NC(=O)CNC(=O)Cc1ccc(Cl)cc1)c1ccco1. The number of hydrazone groups is 1. The molecule has 2 amide bonds. The molecule has 120 valence electrons. The zero-order valence-electron chi connectivity index (χ0n) is 12.5. The number of nitrogens with zero attached hydrogens (tertiary/aromatic N) is 1. The molecule has 2 N–H and O–H groups in total. The van der Waals surface area contributed by atoms with Gasteiger partial charge in [-0.15, -0.1) is 0 Å². The number of benzene rings is 1. The Kier molecular flexibility index (Phi) is 5.94. The van der Waals surface area contributed by atoms with E-state index in [4.69, 9.17) is 16.0 Å². The van der Waals surface area contributed by atoms with Gasteiger partial charge in [-0.05, 0) is 36.8 Å². The van der Waals surface area contributed by atoms with Gasteiger partial charge in [-0.2, -0.15) is 5.10 Å². The summed E-state index contributed by atoms with van der Waals surface area (Å²) in [6, 6.07) is 10.4. The van der Waals surface area contributed by atoms with Crippen molar-refractivity contribution >= 4 is 29.1 Å². The summed E-state index contributed by atoms with van der Waals surface area (Å²) >= 11 is 5.78. The van der Waals surface area contributed by atoms with Crippen LogP contribution in [0, 0.1) is 0 Å². The van der Waals surface area contributed by atoms with Gasteiger partial charge in [0, 0.05) is 5.02 Å². The molecule has 0 fully saturated rings. The number of carbonyl (C=O) groups excluding carboxylic acids is 2. The van der Waals surface area contributed by atoms with Crippen molar-refractivity contribution in [3.63, 3.8) is 0 Å². The average molecular weight is 334 g/mol. The zero-order chi connectivity index (χ0) is 16.7. The fourth-order valence-electron chi connectivity index (χ4n) is 1.75. The van der Waals surface area contributed by atoms with Gasteiger partial charge in [0.1, 0.15) is 11.5 Å². The van der Waals surface area contributed by atoms with Gasteiger partial charge < -0.3 is 9.73 Å². The first-order valence-corrected chi connectivity index (χ1v) is 7.30. The lowest BCUT2D eigenvalue weighted by atomic mass is 10.1. The van der Waals surface area contributed by atoms with E-state index in [0.717, 1.165) is 5.56 Å². The van der Waals surface area contributed by atoms with Crippen LogP contribution in [0.3, 0.4) is 0 Å². The summed E-state index contributed by atoms with van der Waals surface area (Å²) in [6.07, 6.45) is 1.70. The van der Waals surface area contributed by atoms with Crippen LogP contribution in [0.4, 0.5) is 0 Å². The lowest BCUT2D eigenvalue weighted by Crippen LogP contribution is -2.36. The van der Waals surface area contributed by atoms with Gasteiger partial charge in [0.25, 0.3) is 5.91 Å². The first-order chi connectivity index (χ1) is 11.0. The lowest BCUT2D eigenvalue weighted by molar-refractivity contribution is -0.125. The smallest absolute Gasteiger partial charge is 0.259 e. The standard InChI is InChI=1S/C16H16ClN3O3/c1-11(14-3-2-8-23-14)19-20-16(22)10-18-15(21)9-12-4-6-13(17)7-5-12/h2-8H,9-10H2,1H3,(H,18,21)(H,20,22)/b19-11-. The van der Waals surface area contributed by atoms with E-state index in [9.17, 15) is 9.59 Å². The highest BCUT2D eigenvalue weighted by atomic mass is 35.5. The predicted octanol–water partition coefficient (Wildman–Crippen LogP) is 2.13. The molecule has 1 aromatic heterocycles. The maximum atomic E-state index is 11.8. The molecule has 0 saturated heterocycles. The highest BCUT2D eigenvalue weighted by molar-refractivity contribution is 6.30. The number of amides is 2.